The highest BCUT2D eigenvalue weighted by Crippen LogP contribution is 2.32. The van der Waals surface area contributed by atoms with E-state index in [-0.39, 0.29) is 11.1 Å². The number of nitrogens with zero attached hydrogens (tertiary/aromatic N) is 4. The molecule has 10 nitrogen and oxygen atoms in total. The molecule has 2 heterocycles. The summed E-state index contributed by atoms with van der Waals surface area (Å²) in [6, 6.07) is 10.1. The summed E-state index contributed by atoms with van der Waals surface area (Å²) in [7, 11) is 2.05. The van der Waals surface area contributed by atoms with Crippen LogP contribution in [0.2, 0.25) is 0 Å². The second kappa shape index (κ2) is 8.39. The summed E-state index contributed by atoms with van der Waals surface area (Å²) in [5, 5.41) is 14.1. The molecule has 1 N–H and O–H groups in total. The number of rotatable bonds is 5. The number of nitro groups is 1. The van der Waals surface area contributed by atoms with Gasteiger partial charge in [-0.3, -0.25) is 29.4 Å². The van der Waals surface area contributed by atoms with Crippen molar-refractivity contribution in [2.75, 3.05) is 43.4 Å². The van der Waals surface area contributed by atoms with Gasteiger partial charge in [0.25, 0.3) is 17.5 Å². The average Bonchev–Trinajstić information content (AvgIpc) is 3.04. The van der Waals surface area contributed by atoms with Crippen LogP contribution in [0.4, 0.5) is 17.1 Å². The highest BCUT2D eigenvalue weighted by atomic mass is 16.6. The summed E-state index contributed by atoms with van der Waals surface area (Å²) in [5.74, 6) is -2.11. The second-order valence-electron chi connectivity index (χ2n) is 7.91. The molecule has 1 atom stereocenters. The van der Waals surface area contributed by atoms with Crippen molar-refractivity contribution in [1.29, 1.82) is 0 Å². The maximum absolute atomic E-state index is 13.0. The number of hydrogen-bond acceptors (Lipinski definition) is 7. The number of nitro benzene ring substituents is 1. The van der Waals surface area contributed by atoms with Gasteiger partial charge in [-0.05, 0) is 32.2 Å². The molecule has 2 aliphatic rings. The topological polar surface area (TPSA) is 116 Å². The molecular formula is C22H23N5O5. The number of piperazine rings is 1. The fraction of sp³-hybridized carbons (Fsp3) is 0.318. The van der Waals surface area contributed by atoms with Crippen molar-refractivity contribution in [3.8, 4) is 0 Å². The van der Waals surface area contributed by atoms with Gasteiger partial charge in [-0.15, -0.1) is 0 Å². The van der Waals surface area contributed by atoms with Gasteiger partial charge in [-0.1, -0.05) is 18.2 Å². The first kappa shape index (κ1) is 21.4. The van der Waals surface area contributed by atoms with E-state index in [0.29, 0.717) is 5.69 Å². The predicted molar refractivity (Wildman–Crippen MR) is 118 cm³/mol. The van der Waals surface area contributed by atoms with Gasteiger partial charge < -0.3 is 15.1 Å². The molecular weight excluding hydrogens is 414 g/mol. The fourth-order valence-electron chi connectivity index (χ4n) is 4.05. The summed E-state index contributed by atoms with van der Waals surface area (Å²) >= 11 is 0. The normalized spacial score (nSPS) is 17.3. The third-order valence-corrected chi connectivity index (χ3v) is 5.89. The Labute approximate surface area is 184 Å². The number of fused-ring (bicyclic) bond motifs is 1. The zero-order valence-electron chi connectivity index (χ0n) is 17.8. The van der Waals surface area contributed by atoms with Crippen LogP contribution in [0.3, 0.4) is 0 Å². The zero-order valence-corrected chi connectivity index (χ0v) is 17.8. The van der Waals surface area contributed by atoms with Crippen molar-refractivity contribution >= 4 is 34.8 Å². The van der Waals surface area contributed by atoms with Crippen LogP contribution in [0, 0.1) is 10.1 Å². The molecule has 0 aromatic heterocycles. The van der Waals surface area contributed by atoms with E-state index < -0.39 is 34.4 Å². The van der Waals surface area contributed by atoms with Crippen LogP contribution in [0.25, 0.3) is 0 Å². The Kier molecular flexibility index (Phi) is 5.62. The highest BCUT2D eigenvalue weighted by molar-refractivity contribution is 6.25. The number of amides is 3. The minimum atomic E-state index is -1.15. The van der Waals surface area contributed by atoms with E-state index in [1.807, 2.05) is 12.1 Å². The van der Waals surface area contributed by atoms with E-state index in [4.69, 9.17) is 0 Å². The zero-order chi connectivity index (χ0) is 23.0. The molecule has 32 heavy (non-hydrogen) atoms. The lowest BCUT2D eigenvalue weighted by Gasteiger charge is -2.35. The predicted octanol–water partition coefficient (Wildman–Crippen LogP) is 1.97. The molecule has 0 bridgehead atoms. The van der Waals surface area contributed by atoms with Crippen molar-refractivity contribution in [1.82, 2.24) is 9.80 Å². The van der Waals surface area contributed by atoms with E-state index in [2.05, 4.69) is 22.2 Å². The quantitative estimate of drug-likeness (QED) is 0.432. The number of nitrogens with one attached hydrogen (secondary N) is 1. The number of para-hydroxylation sites is 2. The van der Waals surface area contributed by atoms with Crippen LogP contribution in [-0.2, 0) is 4.79 Å². The maximum Gasteiger partial charge on any atom is 0.282 e. The van der Waals surface area contributed by atoms with Crippen LogP contribution < -0.4 is 10.2 Å². The number of carbonyl (C=O) groups is 3. The summed E-state index contributed by atoms with van der Waals surface area (Å²) in [4.78, 5) is 54.5. The van der Waals surface area contributed by atoms with Crippen LogP contribution in [0.1, 0.15) is 27.6 Å². The number of carbonyl (C=O) groups excluding carboxylic acids is 3. The first-order valence-electron chi connectivity index (χ1n) is 10.3. The van der Waals surface area contributed by atoms with Gasteiger partial charge in [0.05, 0.1) is 21.9 Å². The van der Waals surface area contributed by atoms with Gasteiger partial charge in [0.2, 0.25) is 5.91 Å². The number of hydrogen-bond donors (Lipinski definition) is 1. The number of imide groups is 1. The van der Waals surface area contributed by atoms with E-state index >= 15 is 0 Å². The molecule has 4 rings (SSSR count). The van der Waals surface area contributed by atoms with Gasteiger partial charge in [-0.2, -0.15) is 0 Å². The van der Waals surface area contributed by atoms with Crippen molar-refractivity contribution in [3.63, 3.8) is 0 Å². The van der Waals surface area contributed by atoms with Crippen LogP contribution >= 0.6 is 0 Å². The highest BCUT2D eigenvalue weighted by Gasteiger charge is 2.45. The summed E-state index contributed by atoms with van der Waals surface area (Å²) in [5.41, 5.74) is 0.647. The maximum atomic E-state index is 13.0. The van der Waals surface area contributed by atoms with Crippen LogP contribution in [0.5, 0.6) is 0 Å². The van der Waals surface area contributed by atoms with Crippen molar-refractivity contribution in [2.45, 2.75) is 13.0 Å². The van der Waals surface area contributed by atoms with Gasteiger partial charge in [0, 0.05) is 32.2 Å². The van der Waals surface area contributed by atoms with Gasteiger partial charge >= 0.3 is 0 Å². The fourth-order valence-corrected chi connectivity index (χ4v) is 4.05. The van der Waals surface area contributed by atoms with Crippen LogP contribution in [0.15, 0.2) is 42.5 Å². The van der Waals surface area contributed by atoms with E-state index in [1.54, 1.807) is 12.1 Å². The molecule has 1 saturated heterocycles. The van der Waals surface area contributed by atoms with Crippen LogP contribution in [-0.4, -0.2) is 71.7 Å². The Morgan fingerprint density at radius 1 is 1.03 bits per heavy atom. The van der Waals surface area contributed by atoms with Crippen molar-refractivity contribution in [2.24, 2.45) is 0 Å². The minimum absolute atomic E-state index is 0.0679. The molecule has 1 fully saturated rings. The molecule has 0 spiro atoms. The summed E-state index contributed by atoms with van der Waals surface area (Å²) in [6.07, 6.45) is 0. The second-order valence-corrected chi connectivity index (χ2v) is 7.91. The lowest BCUT2D eigenvalue weighted by molar-refractivity contribution is -0.385. The molecule has 0 radical (unpaired) electrons. The number of anilines is 2. The molecule has 0 saturated carbocycles. The van der Waals surface area contributed by atoms with E-state index in [0.717, 1.165) is 36.8 Å². The monoisotopic (exact) mass is 437 g/mol. The first-order chi connectivity index (χ1) is 15.3. The Bertz CT molecular complexity index is 1110. The van der Waals surface area contributed by atoms with Crippen molar-refractivity contribution in [3.05, 3.63) is 63.7 Å². The number of benzene rings is 2. The summed E-state index contributed by atoms with van der Waals surface area (Å²) in [6.45, 7) is 4.84. The molecule has 2 aromatic rings. The standard InChI is InChI=1S/C22H23N5O5/c1-14(26-21(29)15-6-5-9-18(27(31)32)19(15)22(26)30)20(28)23-16-7-3-4-8-17(16)25-12-10-24(2)11-13-25/h3-9,14H,10-13H2,1-2H3,(H,23,28)/t14-/m0/s1. The third kappa shape index (κ3) is 3.69. The molecule has 2 aromatic carbocycles. The largest absolute Gasteiger partial charge is 0.367 e. The van der Waals surface area contributed by atoms with E-state index in [1.165, 1.54) is 25.1 Å². The van der Waals surface area contributed by atoms with Gasteiger partial charge in [0.15, 0.2) is 0 Å². The molecule has 0 unspecified atom stereocenters. The smallest absolute Gasteiger partial charge is 0.282 e. The first-order valence-corrected chi connectivity index (χ1v) is 10.3. The molecule has 2 aliphatic heterocycles. The molecule has 3 amide bonds. The van der Waals surface area contributed by atoms with Gasteiger partial charge in [-0.25, -0.2) is 0 Å². The Balaban J connectivity index is 1.56. The molecule has 10 heteroatoms. The van der Waals surface area contributed by atoms with Crippen molar-refractivity contribution < 1.29 is 19.3 Å². The molecule has 0 aliphatic carbocycles. The van der Waals surface area contributed by atoms with E-state index in [9.17, 15) is 24.5 Å². The lowest BCUT2D eigenvalue weighted by atomic mass is 10.1. The minimum Gasteiger partial charge on any atom is -0.367 e. The summed E-state index contributed by atoms with van der Waals surface area (Å²) < 4.78 is 0. The number of likely N-dealkylation sites (N-methyl/N-ethyl adjacent to an activating group) is 1. The SMILES string of the molecule is C[C@@H](C(=O)Nc1ccccc1N1CCN(C)CC1)N1C(=O)c2cccc([N+](=O)[O-])c2C1=O. The Morgan fingerprint density at radius 3 is 2.41 bits per heavy atom. The average molecular weight is 437 g/mol. The Morgan fingerprint density at radius 2 is 1.72 bits per heavy atom. The van der Waals surface area contributed by atoms with Gasteiger partial charge in [0.1, 0.15) is 11.6 Å². The molecule has 166 valence electrons. The Hall–Kier alpha value is -3.79. The lowest BCUT2D eigenvalue weighted by Crippen LogP contribution is -2.46. The third-order valence-electron chi connectivity index (χ3n) is 5.89.